The van der Waals surface area contributed by atoms with Crippen molar-refractivity contribution in [2.45, 2.75) is 25.2 Å². The van der Waals surface area contributed by atoms with E-state index in [4.69, 9.17) is 11.6 Å². The number of ketones is 1. The van der Waals surface area contributed by atoms with Gasteiger partial charge in [-0.15, -0.1) is 0 Å². The molecule has 4 rings (SSSR count). The minimum Gasteiger partial charge on any atom is -0.336 e. The van der Waals surface area contributed by atoms with E-state index in [0.717, 1.165) is 34.9 Å². The lowest BCUT2D eigenvalue weighted by Crippen LogP contribution is -2.42. The van der Waals surface area contributed by atoms with Gasteiger partial charge in [-0.25, -0.2) is 0 Å². The van der Waals surface area contributed by atoms with Gasteiger partial charge >= 0.3 is 0 Å². The second-order valence-electron chi connectivity index (χ2n) is 7.54. The van der Waals surface area contributed by atoms with Crippen LogP contribution in [0.4, 0.5) is 0 Å². The molecule has 1 saturated heterocycles. The highest BCUT2D eigenvalue weighted by molar-refractivity contribution is 6.36. The van der Waals surface area contributed by atoms with E-state index >= 15 is 0 Å². The van der Waals surface area contributed by atoms with Crippen molar-refractivity contribution in [1.29, 1.82) is 5.26 Å². The molecule has 1 fully saturated rings. The molecule has 1 aliphatic rings. The summed E-state index contributed by atoms with van der Waals surface area (Å²) in [5.74, 6) is -0.557. The molecule has 0 spiro atoms. The molecule has 0 saturated carbocycles. The van der Waals surface area contributed by atoms with E-state index in [1.54, 1.807) is 41.4 Å². The predicted molar refractivity (Wildman–Crippen MR) is 115 cm³/mol. The largest absolute Gasteiger partial charge is 0.336 e. The van der Waals surface area contributed by atoms with Gasteiger partial charge < -0.3 is 4.90 Å². The van der Waals surface area contributed by atoms with Gasteiger partial charge in [-0.1, -0.05) is 23.7 Å². The molecule has 2 aromatic carbocycles. The van der Waals surface area contributed by atoms with Crippen LogP contribution in [0.1, 0.15) is 35.4 Å². The molecule has 6 heteroatoms. The van der Waals surface area contributed by atoms with Gasteiger partial charge in [0.25, 0.3) is 5.91 Å². The summed E-state index contributed by atoms with van der Waals surface area (Å²) in [6, 6.07) is 16.7. The van der Waals surface area contributed by atoms with Crippen molar-refractivity contribution < 1.29 is 9.59 Å². The normalized spacial score (nSPS) is 14.5. The fourth-order valence-electron chi connectivity index (χ4n) is 4.03. The third kappa shape index (κ3) is 4.19. The van der Waals surface area contributed by atoms with Crippen LogP contribution in [0.3, 0.4) is 0 Å². The molecule has 1 aromatic heterocycles. The second kappa shape index (κ2) is 8.64. The van der Waals surface area contributed by atoms with Crippen LogP contribution in [0.25, 0.3) is 10.9 Å². The third-order valence-electron chi connectivity index (χ3n) is 5.64. The van der Waals surface area contributed by atoms with Crippen molar-refractivity contribution in [3.05, 3.63) is 76.4 Å². The van der Waals surface area contributed by atoms with Crippen LogP contribution in [-0.2, 0) is 16.0 Å². The number of carbonyl (C=O) groups excluding carboxylic acids is 2. The summed E-state index contributed by atoms with van der Waals surface area (Å²) >= 11 is 5.87. The van der Waals surface area contributed by atoms with Crippen LogP contribution in [0, 0.1) is 11.3 Å². The Hall–Kier alpha value is -3.23. The van der Waals surface area contributed by atoms with E-state index in [1.165, 1.54) is 0 Å². The fourth-order valence-corrected chi connectivity index (χ4v) is 4.15. The number of pyridine rings is 1. The van der Waals surface area contributed by atoms with Crippen LogP contribution in [0.2, 0.25) is 5.02 Å². The summed E-state index contributed by atoms with van der Waals surface area (Å²) in [5, 5.41) is 10.8. The van der Waals surface area contributed by atoms with E-state index in [9.17, 15) is 14.9 Å². The summed E-state index contributed by atoms with van der Waals surface area (Å²) in [7, 11) is 0. The number of fused-ring (bicyclic) bond motifs is 1. The van der Waals surface area contributed by atoms with Crippen LogP contribution < -0.4 is 0 Å². The van der Waals surface area contributed by atoms with Crippen LogP contribution in [-0.4, -0.2) is 34.7 Å². The van der Waals surface area contributed by atoms with Gasteiger partial charge in [-0.3, -0.25) is 14.6 Å². The van der Waals surface area contributed by atoms with Gasteiger partial charge in [-0.05, 0) is 66.3 Å². The number of hydrogen-bond acceptors (Lipinski definition) is 4. The Labute approximate surface area is 179 Å². The first-order valence-electron chi connectivity index (χ1n) is 9.90. The highest BCUT2D eigenvalue weighted by atomic mass is 35.5. The number of likely N-dealkylation sites (tertiary alicyclic amines) is 1. The lowest BCUT2D eigenvalue weighted by Gasteiger charge is -2.32. The molecule has 0 unspecified atom stereocenters. The van der Waals surface area contributed by atoms with Gasteiger partial charge in [0.1, 0.15) is 0 Å². The quantitative estimate of drug-likeness (QED) is 0.594. The molecule has 0 atom stereocenters. The number of nitriles is 1. The monoisotopic (exact) mass is 417 g/mol. The Bertz CT molecular complexity index is 1140. The summed E-state index contributed by atoms with van der Waals surface area (Å²) in [4.78, 5) is 31.1. The number of aromatic nitrogens is 1. The Morgan fingerprint density at radius 3 is 2.53 bits per heavy atom. The molecular weight excluding hydrogens is 398 g/mol. The Kier molecular flexibility index (Phi) is 5.78. The minimum absolute atomic E-state index is 0.0852. The second-order valence-corrected chi connectivity index (χ2v) is 7.97. The number of halogens is 1. The van der Waals surface area contributed by atoms with E-state index in [1.807, 2.05) is 18.2 Å². The first kappa shape index (κ1) is 20.1. The molecule has 0 radical (unpaired) electrons. The molecule has 1 amide bonds. The zero-order chi connectivity index (χ0) is 21.1. The number of carbonyl (C=O) groups is 2. The average Bonchev–Trinajstić information content (AvgIpc) is 2.79. The third-order valence-corrected chi connectivity index (χ3v) is 5.89. The van der Waals surface area contributed by atoms with Crippen molar-refractivity contribution in [3.8, 4) is 6.07 Å². The van der Waals surface area contributed by atoms with Crippen molar-refractivity contribution in [2.75, 3.05) is 13.1 Å². The highest BCUT2D eigenvalue weighted by Crippen LogP contribution is 2.33. The van der Waals surface area contributed by atoms with Gasteiger partial charge in [0.15, 0.2) is 0 Å². The summed E-state index contributed by atoms with van der Waals surface area (Å²) < 4.78 is 0. The van der Waals surface area contributed by atoms with Crippen LogP contribution >= 0.6 is 11.6 Å². The SMILES string of the molecule is N#Cc1ccc2nccc(C3CCN(C(=O)C(=O)Cc4ccc(Cl)cc4)CC3)c2c1. The molecule has 1 aliphatic heterocycles. The van der Waals surface area contributed by atoms with Crippen LogP contribution in [0.5, 0.6) is 0 Å². The van der Waals surface area contributed by atoms with Gasteiger partial charge in [0.2, 0.25) is 5.78 Å². The molecule has 5 nitrogen and oxygen atoms in total. The minimum atomic E-state index is -0.422. The molecule has 150 valence electrons. The van der Waals surface area contributed by atoms with Crippen molar-refractivity contribution in [3.63, 3.8) is 0 Å². The smallest absolute Gasteiger partial charge is 0.290 e. The standard InChI is InChI=1S/C24H20ClN3O2/c25-19-4-1-16(2-5-19)14-23(29)24(30)28-11-8-18(9-12-28)20-7-10-27-22-6-3-17(15-26)13-21(20)22/h1-7,10,13,18H,8-9,11-12,14H2. The van der Waals surface area contributed by atoms with Crippen molar-refractivity contribution in [2.24, 2.45) is 0 Å². The molecule has 3 aromatic rings. The maximum atomic E-state index is 12.6. The molecule has 0 bridgehead atoms. The summed E-state index contributed by atoms with van der Waals surface area (Å²) in [6.07, 6.45) is 3.42. The van der Waals surface area contributed by atoms with Gasteiger partial charge in [-0.2, -0.15) is 5.26 Å². The maximum Gasteiger partial charge on any atom is 0.290 e. The van der Waals surface area contributed by atoms with E-state index < -0.39 is 11.7 Å². The van der Waals surface area contributed by atoms with E-state index in [2.05, 4.69) is 11.1 Å². The number of nitrogens with zero attached hydrogens (tertiary/aromatic N) is 3. The van der Waals surface area contributed by atoms with E-state index in [0.29, 0.717) is 23.7 Å². The zero-order valence-electron chi connectivity index (χ0n) is 16.3. The number of amides is 1. The van der Waals surface area contributed by atoms with Crippen molar-refractivity contribution >= 4 is 34.2 Å². The molecule has 2 heterocycles. The molecular formula is C24H20ClN3O2. The number of rotatable bonds is 4. The summed E-state index contributed by atoms with van der Waals surface area (Å²) in [6.45, 7) is 1.08. The molecule has 0 aliphatic carbocycles. The number of hydrogen-bond donors (Lipinski definition) is 0. The fraction of sp³-hybridized carbons (Fsp3) is 0.250. The Morgan fingerprint density at radius 1 is 1.10 bits per heavy atom. The lowest BCUT2D eigenvalue weighted by atomic mass is 9.87. The van der Waals surface area contributed by atoms with Gasteiger partial charge in [0.05, 0.1) is 17.1 Å². The first-order chi connectivity index (χ1) is 14.5. The first-order valence-corrected chi connectivity index (χ1v) is 10.3. The Morgan fingerprint density at radius 2 is 1.83 bits per heavy atom. The average molecular weight is 418 g/mol. The highest BCUT2D eigenvalue weighted by Gasteiger charge is 2.28. The van der Waals surface area contributed by atoms with E-state index in [-0.39, 0.29) is 12.3 Å². The zero-order valence-corrected chi connectivity index (χ0v) is 17.1. The Balaban J connectivity index is 1.43. The van der Waals surface area contributed by atoms with Gasteiger partial charge in [0, 0.05) is 36.1 Å². The molecule has 0 N–H and O–H groups in total. The summed E-state index contributed by atoms with van der Waals surface area (Å²) in [5.41, 5.74) is 3.40. The maximum absolute atomic E-state index is 12.6. The lowest BCUT2D eigenvalue weighted by molar-refractivity contribution is -0.145. The van der Waals surface area contributed by atoms with Crippen molar-refractivity contribution in [1.82, 2.24) is 9.88 Å². The number of piperidine rings is 1. The number of Topliss-reactive ketones (excluding diaryl/α,β-unsaturated/α-hetero) is 1. The predicted octanol–water partition coefficient (Wildman–Crippen LogP) is 4.28. The topological polar surface area (TPSA) is 74.1 Å². The van der Waals surface area contributed by atoms with Crippen LogP contribution in [0.15, 0.2) is 54.7 Å². The number of benzene rings is 2. The molecule has 30 heavy (non-hydrogen) atoms.